The Morgan fingerprint density at radius 3 is 2.28 bits per heavy atom. The van der Waals surface area contributed by atoms with E-state index in [4.69, 9.17) is 5.21 Å². The van der Waals surface area contributed by atoms with Crippen molar-refractivity contribution in [2.24, 2.45) is 17.8 Å². The number of fused-ring (bicyclic) bond motifs is 1. The molecule has 0 fully saturated rings. The summed E-state index contributed by atoms with van der Waals surface area (Å²) in [7, 11) is 0. The van der Waals surface area contributed by atoms with Gasteiger partial charge in [-0.1, -0.05) is 52.8 Å². The van der Waals surface area contributed by atoms with Crippen LogP contribution in [0.2, 0.25) is 0 Å². The van der Waals surface area contributed by atoms with Crippen molar-refractivity contribution in [2.45, 2.75) is 47.5 Å². The highest BCUT2D eigenvalue weighted by atomic mass is 16.5. The summed E-state index contributed by atoms with van der Waals surface area (Å²) in [4.78, 5) is 39.1. The second-order valence-electron chi connectivity index (χ2n) is 8.19. The van der Waals surface area contributed by atoms with Crippen LogP contribution in [0.4, 0.5) is 0 Å². The molecule has 7 heteroatoms. The molecule has 0 saturated carbocycles. The van der Waals surface area contributed by atoms with Crippen LogP contribution in [-0.4, -0.2) is 34.3 Å². The highest BCUT2D eigenvalue weighted by Crippen LogP contribution is 2.18. The molecule has 7 nitrogen and oxygen atoms in total. The number of Topliss-reactive ketones (excluding diaryl/α,β-unsaturated/α-hetero) is 1. The molecule has 2 rings (SSSR count). The lowest BCUT2D eigenvalue weighted by atomic mass is 9.93. The number of ketones is 1. The Labute approximate surface area is 172 Å². The molecule has 0 aliphatic carbocycles. The molecule has 1 atom stereocenters. The van der Waals surface area contributed by atoms with Crippen LogP contribution >= 0.6 is 0 Å². The van der Waals surface area contributed by atoms with Crippen molar-refractivity contribution >= 4 is 28.5 Å². The zero-order valence-electron chi connectivity index (χ0n) is 17.9. The largest absolute Gasteiger partial charge is 0.360 e. The number of carbonyl (C=O) groups is 3. The predicted octanol–water partition coefficient (Wildman–Crippen LogP) is 3.69. The second-order valence-corrected chi connectivity index (χ2v) is 8.19. The summed E-state index contributed by atoms with van der Waals surface area (Å²) in [5.41, 5.74) is 2.91. The minimum absolute atomic E-state index is 0.123. The van der Waals surface area contributed by atoms with Gasteiger partial charge in [-0.05, 0) is 24.3 Å². The summed E-state index contributed by atoms with van der Waals surface area (Å²) in [5.74, 6) is -0.760. The second kappa shape index (κ2) is 12.0. The van der Waals surface area contributed by atoms with E-state index in [0.717, 1.165) is 16.8 Å². The van der Waals surface area contributed by atoms with E-state index in [1.165, 1.54) is 0 Å². The SMILES string of the molecule is CC(C)C.CC(C)C[C@H](CC(=O)NO)C(=O)NCC(=O)c1c[nH]c2ccccc12. The van der Waals surface area contributed by atoms with Gasteiger partial charge in [0.2, 0.25) is 11.8 Å². The highest BCUT2D eigenvalue weighted by molar-refractivity contribution is 6.09. The Bertz CT molecular complexity index is 808. The zero-order valence-corrected chi connectivity index (χ0v) is 17.9. The van der Waals surface area contributed by atoms with Gasteiger partial charge in [0.1, 0.15) is 0 Å². The van der Waals surface area contributed by atoms with Gasteiger partial charge in [0, 0.05) is 35.0 Å². The van der Waals surface area contributed by atoms with Gasteiger partial charge in [0.25, 0.3) is 0 Å². The van der Waals surface area contributed by atoms with Gasteiger partial charge in [0.15, 0.2) is 5.78 Å². The van der Waals surface area contributed by atoms with Gasteiger partial charge >= 0.3 is 0 Å². The summed E-state index contributed by atoms with van der Waals surface area (Å²) in [6, 6.07) is 7.43. The third-order valence-electron chi connectivity index (χ3n) is 4.00. The van der Waals surface area contributed by atoms with Crippen LogP contribution in [0.25, 0.3) is 10.9 Å². The number of carbonyl (C=O) groups excluding carboxylic acids is 3. The summed E-state index contributed by atoms with van der Waals surface area (Å²) in [5, 5.41) is 12.1. The summed E-state index contributed by atoms with van der Waals surface area (Å²) < 4.78 is 0. The molecule has 0 unspecified atom stereocenters. The van der Waals surface area contributed by atoms with Crippen LogP contribution in [-0.2, 0) is 9.59 Å². The Hall–Kier alpha value is -2.67. The first-order valence-corrected chi connectivity index (χ1v) is 9.95. The number of hydrogen-bond acceptors (Lipinski definition) is 4. The fourth-order valence-corrected chi connectivity index (χ4v) is 2.83. The van der Waals surface area contributed by atoms with Crippen LogP contribution in [0.3, 0.4) is 0 Å². The number of benzene rings is 1. The fraction of sp³-hybridized carbons (Fsp3) is 0.500. The van der Waals surface area contributed by atoms with E-state index >= 15 is 0 Å². The minimum Gasteiger partial charge on any atom is -0.360 e. The Morgan fingerprint density at radius 1 is 1.07 bits per heavy atom. The molecule has 1 aromatic carbocycles. The Balaban J connectivity index is 0.000000960. The summed E-state index contributed by atoms with van der Waals surface area (Å²) in [6.07, 6.45) is 1.99. The number of aromatic amines is 1. The number of nitrogens with one attached hydrogen (secondary N) is 3. The first kappa shape index (κ1) is 24.4. The molecule has 0 aliphatic rings. The number of H-pyrrole nitrogens is 1. The molecule has 2 aromatic rings. The topological polar surface area (TPSA) is 111 Å². The number of hydroxylamine groups is 1. The van der Waals surface area contributed by atoms with E-state index in [-0.39, 0.29) is 30.6 Å². The molecule has 0 radical (unpaired) electrons. The third kappa shape index (κ3) is 8.48. The number of hydrogen-bond donors (Lipinski definition) is 4. The monoisotopic (exact) mass is 403 g/mol. The lowest BCUT2D eigenvalue weighted by Gasteiger charge is -2.17. The molecule has 2 amide bonds. The third-order valence-corrected chi connectivity index (χ3v) is 4.00. The normalized spacial score (nSPS) is 11.7. The van der Waals surface area contributed by atoms with Crippen LogP contribution in [0, 0.1) is 17.8 Å². The summed E-state index contributed by atoms with van der Waals surface area (Å²) >= 11 is 0. The minimum atomic E-state index is -0.622. The highest BCUT2D eigenvalue weighted by Gasteiger charge is 2.23. The van der Waals surface area contributed by atoms with Crippen LogP contribution in [0.1, 0.15) is 57.8 Å². The average molecular weight is 404 g/mol. The van der Waals surface area contributed by atoms with Gasteiger partial charge in [-0.25, -0.2) is 5.48 Å². The molecule has 0 spiro atoms. The molecular weight excluding hydrogens is 370 g/mol. The lowest BCUT2D eigenvalue weighted by molar-refractivity contribution is -0.135. The Morgan fingerprint density at radius 2 is 1.69 bits per heavy atom. The van der Waals surface area contributed by atoms with Gasteiger partial charge in [0.05, 0.1) is 6.54 Å². The molecular formula is C22H33N3O4. The van der Waals surface area contributed by atoms with E-state index in [0.29, 0.717) is 12.0 Å². The molecule has 0 saturated heterocycles. The maximum Gasteiger partial charge on any atom is 0.244 e. The van der Waals surface area contributed by atoms with Crippen molar-refractivity contribution in [1.82, 2.24) is 15.8 Å². The van der Waals surface area contributed by atoms with Gasteiger partial charge in [-0.2, -0.15) is 0 Å². The fourth-order valence-electron chi connectivity index (χ4n) is 2.83. The lowest BCUT2D eigenvalue weighted by Crippen LogP contribution is -2.37. The maximum absolute atomic E-state index is 12.4. The molecule has 1 heterocycles. The Kier molecular flexibility index (Phi) is 10.1. The van der Waals surface area contributed by atoms with E-state index in [2.05, 4.69) is 31.1 Å². The number of aromatic nitrogens is 1. The van der Waals surface area contributed by atoms with Crippen molar-refractivity contribution in [3.8, 4) is 0 Å². The van der Waals surface area contributed by atoms with E-state index < -0.39 is 11.8 Å². The van der Waals surface area contributed by atoms with Crippen molar-refractivity contribution in [2.75, 3.05) is 6.54 Å². The van der Waals surface area contributed by atoms with Gasteiger partial charge in [-0.15, -0.1) is 0 Å². The zero-order chi connectivity index (χ0) is 22.0. The van der Waals surface area contributed by atoms with Crippen LogP contribution in [0.15, 0.2) is 30.5 Å². The van der Waals surface area contributed by atoms with Crippen LogP contribution < -0.4 is 10.8 Å². The van der Waals surface area contributed by atoms with Gasteiger partial charge < -0.3 is 10.3 Å². The van der Waals surface area contributed by atoms with Crippen molar-refractivity contribution in [1.29, 1.82) is 0 Å². The molecule has 4 N–H and O–H groups in total. The average Bonchev–Trinajstić information content (AvgIpc) is 3.08. The molecule has 29 heavy (non-hydrogen) atoms. The van der Waals surface area contributed by atoms with Crippen LogP contribution in [0.5, 0.6) is 0 Å². The quantitative estimate of drug-likeness (QED) is 0.306. The summed E-state index contributed by atoms with van der Waals surface area (Å²) in [6.45, 7) is 10.2. The first-order chi connectivity index (χ1) is 13.6. The number of amides is 2. The first-order valence-electron chi connectivity index (χ1n) is 9.95. The predicted molar refractivity (Wildman–Crippen MR) is 114 cm³/mol. The molecule has 0 bridgehead atoms. The van der Waals surface area contributed by atoms with E-state index in [1.54, 1.807) is 11.7 Å². The van der Waals surface area contributed by atoms with Crippen molar-refractivity contribution < 1.29 is 19.6 Å². The molecule has 0 aliphatic heterocycles. The van der Waals surface area contributed by atoms with Gasteiger partial charge in [-0.3, -0.25) is 19.6 Å². The van der Waals surface area contributed by atoms with Crippen molar-refractivity contribution in [3.05, 3.63) is 36.0 Å². The van der Waals surface area contributed by atoms with E-state index in [9.17, 15) is 14.4 Å². The standard InChI is InChI=1S/C18H23N3O4.C4H10/c1-11(2)7-12(8-17(23)21-25)18(24)20-10-16(22)14-9-19-15-6-4-3-5-13(14)15;1-4(2)3/h3-6,9,11-12,19,25H,7-8,10H2,1-2H3,(H,20,24)(H,21,23);4H,1-3H3/t12-;/m1./s1. The van der Waals surface area contributed by atoms with Crippen molar-refractivity contribution in [3.63, 3.8) is 0 Å². The number of rotatable bonds is 8. The smallest absolute Gasteiger partial charge is 0.244 e. The molecule has 1 aromatic heterocycles. The van der Waals surface area contributed by atoms with E-state index in [1.807, 2.05) is 38.1 Å². The maximum atomic E-state index is 12.4. The molecule has 160 valence electrons. The number of para-hydroxylation sites is 1.